The summed E-state index contributed by atoms with van der Waals surface area (Å²) in [6.07, 6.45) is 3.80. The monoisotopic (exact) mass is 376 g/mol. The van der Waals surface area contributed by atoms with Crippen LogP contribution in [0.1, 0.15) is 32.6 Å². The van der Waals surface area contributed by atoms with Crippen LogP contribution in [0.4, 0.5) is 5.69 Å². The van der Waals surface area contributed by atoms with Crippen molar-refractivity contribution in [2.24, 2.45) is 5.92 Å². The summed E-state index contributed by atoms with van der Waals surface area (Å²) in [5, 5.41) is 11.0. The molecule has 0 spiro atoms. The van der Waals surface area contributed by atoms with Gasteiger partial charge in [-0.3, -0.25) is 10.1 Å². The van der Waals surface area contributed by atoms with Crippen molar-refractivity contribution in [2.75, 3.05) is 0 Å². The predicted octanol–water partition coefficient (Wildman–Crippen LogP) is 3.21. The number of benzene rings is 1. The highest BCUT2D eigenvalue weighted by Gasteiger charge is 2.31. The Bertz CT molecular complexity index is 648. The van der Waals surface area contributed by atoms with Crippen LogP contribution in [-0.2, 0) is 10.0 Å². The fourth-order valence-electron chi connectivity index (χ4n) is 2.61. The van der Waals surface area contributed by atoms with Crippen LogP contribution in [0.2, 0.25) is 0 Å². The molecule has 0 aliphatic heterocycles. The maximum Gasteiger partial charge on any atom is 0.289 e. The van der Waals surface area contributed by atoms with E-state index in [-0.39, 0.29) is 16.9 Å². The number of nitrogens with one attached hydrogen (secondary N) is 1. The molecule has 1 aliphatic carbocycles. The second kappa shape index (κ2) is 6.41. The van der Waals surface area contributed by atoms with E-state index in [1.165, 1.54) is 18.2 Å². The Labute approximate surface area is 132 Å². The summed E-state index contributed by atoms with van der Waals surface area (Å²) in [5.41, 5.74) is -0.408. The van der Waals surface area contributed by atoms with Gasteiger partial charge in [0.15, 0.2) is 4.90 Å². The highest BCUT2D eigenvalue weighted by Crippen LogP contribution is 2.30. The maximum atomic E-state index is 12.5. The van der Waals surface area contributed by atoms with E-state index in [1.54, 1.807) is 0 Å². The fraction of sp³-hybridized carbons (Fsp3) is 0.538. The van der Waals surface area contributed by atoms with Gasteiger partial charge in [-0.05, 0) is 30.9 Å². The van der Waals surface area contributed by atoms with Crippen molar-refractivity contribution in [1.29, 1.82) is 0 Å². The SMILES string of the molecule is CC1CCCCC1NS(=O)(=O)c1cc(Br)ccc1[N+](=O)[O-]. The third-order valence-electron chi connectivity index (χ3n) is 3.83. The van der Waals surface area contributed by atoms with Gasteiger partial charge in [-0.25, -0.2) is 13.1 Å². The first-order valence-corrected chi connectivity index (χ1v) is 9.05. The summed E-state index contributed by atoms with van der Waals surface area (Å²) < 4.78 is 28.1. The minimum absolute atomic E-state index is 0.165. The fourth-order valence-corrected chi connectivity index (χ4v) is 4.70. The quantitative estimate of drug-likeness (QED) is 0.645. The summed E-state index contributed by atoms with van der Waals surface area (Å²) in [5.74, 6) is 0.236. The number of hydrogen-bond acceptors (Lipinski definition) is 4. The Balaban J connectivity index is 2.35. The molecule has 2 atom stereocenters. The van der Waals surface area contributed by atoms with Crippen molar-refractivity contribution in [3.8, 4) is 0 Å². The van der Waals surface area contributed by atoms with Gasteiger partial charge < -0.3 is 0 Å². The number of halogens is 1. The molecule has 8 heteroatoms. The van der Waals surface area contributed by atoms with E-state index in [1.807, 2.05) is 6.92 Å². The van der Waals surface area contributed by atoms with Gasteiger partial charge in [-0.1, -0.05) is 35.7 Å². The molecule has 1 N–H and O–H groups in total. The summed E-state index contributed by atoms with van der Waals surface area (Å²) in [7, 11) is -3.91. The van der Waals surface area contributed by atoms with Gasteiger partial charge >= 0.3 is 0 Å². The van der Waals surface area contributed by atoms with Gasteiger partial charge in [-0.2, -0.15) is 0 Å². The second-order valence-electron chi connectivity index (χ2n) is 5.36. The largest absolute Gasteiger partial charge is 0.289 e. The van der Waals surface area contributed by atoms with Gasteiger partial charge in [0.1, 0.15) is 0 Å². The standard InChI is InChI=1S/C13H17BrN2O4S/c1-9-4-2-3-5-11(9)15-21(19,20)13-8-10(14)6-7-12(13)16(17)18/h6-9,11,15H,2-5H2,1H3. The Hall–Kier alpha value is -0.990. The lowest BCUT2D eigenvalue weighted by Gasteiger charge is -2.29. The third kappa shape index (κ3) is 3.81. The molecular formula is C13H17BrN2O4S. The zero-order valence-corrected chi connectivity index (χ0v) is 14.0. The zero-order valence-electron chi connectivity index (χ0n) is 11.6. The molecule has 1 saturated carbocycles. The lowest BCUT2D eigenvalue weighted by molar-refractivity contribution is -0.387. The molecule has 0 bridgehead atoms. The molecule has 1 aromatic rings. The van der Waals surface area contributed by atoms with Crippen LogP contribution < -0.4 is 4.72 Å². The molecule has 0 aromatic heterocycles. The molecule has 2 unspecified atom stereocenters. The van der Waals surface area contributed by atoms with Crippen LogP contribution in [0, 0.1) is 16.0 Å². The minimum atomic E-state index is -3.91. The van der Waals surface area contributed by atoms with E-state index in [2.05, 4.69) is 20.7 Å². The van der Waals surface area contributed by atoms with Crippen LogP contribution in [0.15, 0.2) is 27.6 Å². The van der Waals surface area contributed by atoms with E-state index in [4.69, 9.17) is 0 Å². The average Bonchev–Trinajstić information content (AvgIpc) is 2.41. The van der Waals surface area contributed by atoms with Crippen molar-refractivity contribution >= 4 is 31.6 Å². The van der Waals surface area contributed by atoms with Crippen LogP contribution >= 0.6 is 15.9 Å². The molecule has 116 valence electrons. The average molecular weight is 377 g/mol. The van der Waals surface area contributed by atoms with Crippen LogP contribution in [0.3, 0.4) is 0 Å². The Morgan fingerprint density at radius 2 is 2.00 bits per heavy atom. The lowest BCUT2D eigenvalue weighted by atomic mass is 9.87. The first-order valence-electron chi connectivity index (χ1n) is 6.77. The molecule has 6 nitrogen and oxygen atoms in total. The van der Waals surface area contributed by atoms with E-state index in [0.29, 0.717) is 4.47 Å². The number of sulfonamides is 1. The first-order chi connectivity index (χ1) is 9.81. The normalized spacial score (nSPS) is 23.0. The molecular weight excluding hydrogens is 360 g/mol. The maximum absolute atomic E-state index is 12.5. The van der Waals surface area contributed by atoms with Crippen molar-refractivity contribution in [1.82, 2.24) is 4.72 Å². The van der Waals surface area contributed by atoms with Crippen molar-refractivity contribution in [3.05, 3.63) is 32.8 Å². The molecule has 0 amide bonds. The number of nitro groups is 1. The predicted molar refractivity (Wildman–Crippen MR) is 82.5 cm³/mol. The molecule has 1 aromatic carbocycles. The summed E-state index contributed by atoms with van der Waals surface area (Å²) in [6, 6.07) is 3.76. The molecule has 0 heterocycles. The highest BCUT2D eigenvalue weighted by atomic mass is 79.9. The Kier molecular flexibility index (Phi) is 5.00. The number of hydrogen-bond donors (Lipinski definition) is 1. The first kappa shape index (κ1) is 16.4. The molecule has 1 fully saturated rings. The molecule has 21 heavy (non-hydrogen) atoms. The topological polar surface area (TPSA) is 89.3 Å². The molecule has 0 saturated heterocycles. The number of nitro benzene ring substituents is 1. The van der Waals surface area contributed by atoms with Gasteiger partial charge in [0.05, 0.1) is 4.92 Å². The zero-order chi connectivity index (χ0) is 15.6. The van der Waals surface area contributed by atoms with Crippen molar-refractivity contribution in [3.63, 3.8) is 0 Å². The Morgan fingerprint density at radius 1 is 1.33 bits per heavy atom. The minimum Gasteiger partial charge on any atom is -0.258 e. The summed E-state index contributed by atoms with van der Waals surface area (Å²) >= 11 is 3.16. The molecule has 1 aliphatic rings. The highest BCUT2D eigenvalue weighted by molar-refractivity contribution is 9.10. The van der Waals surface area contributed by atoms with Crippen LogP contribution in [-0.4, -0.2) is 19.4 Å². The van der Waals surface area contributed by atoms with Gasteiger partial charge in [0, 0.05) is 16.6 Å². The van der Waals surface area contributed by atoms with Crippen molar-refractivity contribution < 1.29 is 13.3 Å². The van der Waals surface area contributed by atoms with Crippen LogP contribution in [0.25, 0.3) is 0 Å². The van der Waals surface area contributed by atoms with Gasteiger partial charge in [0.2, 0.25) is 10.0 Å². The lowest BCUT2D eigenvalue weighted by Crippen LogP contribution is -2.41. The number of rotatable bonds is 4. The summed E-state index contributed by atoms with van der Waals surface area (Å²) in [4.78, 5) is 10.1. The van der Waals surface area contributed by atoms with E-state index < -0.39 is 20.6 Å². The Morgan fingerprint density at radius 3 is 2.62 bits per heavy atom. The van der Waals surface area contributed by atoms with E-state index in [0.717, 1.165) is 25.7 Å². The second-order valence-corrected chi connectivity index (χ2v) is 7.96. The molecule has 0 radical (unpaired) electrons. The number of nitrogens with zero attached hydrogens (tertiary/aromatic N) is 1. The van der Waals surface area contributed by atoms with Gasteiger partial charge in [-0.15, -0.1) is 0 Å². The van der Waals surface area contributed by atoms with Crippen molar-refractivity contribution in [2.45, 2.75) is 43.5 Å². The van der Waals surface area contributed by atoms with E-state index >= 15 is 0 Å². The van der Waals surface area contributed by atoms with Crippen LogP contribution in [0.5, 0.6) is 0 Å². The van der Waals surface area contributed by atoms with Gasteiger partial charge in [0.25, 0.3) is 5.69 Å². The third-order valence-corrected chi connectivity index (χ3v) is 5.84. The van der Waals surface area contributed by atoms with E-state index in [9.17, 15) is 18.5 Å². The summed E-state index contributed by atoms with van der Waals surface area (Å²) in [6.45, 7) is 2.00. The molecule has 2 rings (SSSR count). The smallest absolute Gasteiger partial charge is 0.258 e.